The van der Waals surface area contributed by atoms with Gasteiger partial charge in [0.25, 0.3) is 5.89 Å². The molecule has 1 heterocycles. The van der Waals surface area contributed by atoms with Gasteiger partial charge in [-0.2, -0.15) is 18.2 Å². The Balaban J connectivity index is 2.37. The summed E-state index contributed by atoms with van der Waals surface area (Å²) in [7, 11) is 0. The number of hydrogen-bond acceptors (Lipinski definition) is 5. The van der Waals surface area contributed by atoms with Crippen molar-refractivity contribution in [2.75, 3.05) is 0 Å². The number of hydrogen-bond donors (Lipinski definition) is 2. The molecule has 0 spiro atoms. The minimum Gasteiger partial charge on any atom is -0.508 e. The molecule has 5 nitrogen and oxygen atoms in total. The molecule has 3 N–H and O–H groups in total. The molecule has 102 valence electrons. The van der Waals surface area contributed by atoms with E-state index in [-0.39, 0.29) is 11.6 Å². The van der Waals surface area contributed by atoms with Crippen LogP contribution in [0.4, 0.5) is 13.2 Å². The van der Waals surface area contributed by atoms with Crippen LogP contribution >= 0.6 is 0 Å². The second-order valence-electron chi connectivity index (χ2n) is 4.17. The monoisotopic (exact) mass is 273 g/mol. The van der Waals surface area contributed by atoms with E-state index in [0.29, 0.717) is 5.56 Å². The fourth-order valence-electron chi connectivity index (χ4n) is 1.28. The van der Waals surface area contributed by atoms with Crippen molar-refractivity contribution in [3.63, 3.8) is 0 Å². The Morgan fingerprint density at radius 2 is 1.79 bits per heavy atom. The summed E-state index contributed by atoms with van der Waals surface area (Å²) in [5, 5.41) is 12.6. The molecule has 0 fully saturated rings. The third-order valence-electron chi connectivity index (χ3n) is 2.58. The summed E-state index contributed by atoms with van der Waals surface area (Å²) in [4.78, 5) is 3.64. The minimum atomic E-state index is -4.70. The van der Waals surface area contributed by atoms with E-state index in [2.05, 4.69) is 14.7 Å². The van der Waals surface area contributed by atoms with E-state index in [1.807, 2.05) is 0 Å². The van der Waals surface area contributed by atoms with Gasteiger partial charge in [-0.1, -0.05) is 5.16 Å². The molecule has 0 aliphatic rings. The van der Waals surface area contributed by atoms with Crippen LogP contribution in [0.1, 0.15) is 12.8 Å². The first kappa shape index (κ1) is 13.3. The minimum absolute atomic E-state index is 0.0198. The Hall–Kier alpha value is -2.09. The van der Waals surface area contributed by atoms with Crippen LogP contribution in [0.25, 0.3) is 11.4 Å². The van der Waals surface area contributed by atoms with Crippen molar-refractivity contribution in [1.82, 2.24) is 10.1 Å². The summed E-state index contributed by atoms with van der Waals surface area (Å²) in [6.07, 6.45) is -4.70. The topological polar surface area (TPSA) is 85.2 Å². The van der Waals surface area contributed by atoms with E-state index in [4.69, 9.17) is 10.8 Å². The highest BCUT2D eigenvalue weighted by atomic mass is 19.4. The predicted octanol–water partition coefficient (Wildman–Crippen LogP) is 2.18. The number of rotatable bonds is 2. The zero-order valence-corrected chi connectivity index (χ0v) is 9.77. The smallest absolute Gasteiger partial charge is 0.415 e. The first-order valence-electron chi connectivity index (χ1n) is 5.21. The highest BCUT2D eigenvalue weighted by Gasteiger charge is 2.53. The quantitative estimate of drug-likeness (QED) is 0.875. The third-order valence-corrected chi connectivity index (χ3v) is 2.58. The number of phenols is 1. The zero-order valence-electron chi connectivity index (χ0n) is 9.77. The molecule has 1 atom stereocenters. The lowest BCUT2D eigenvalue weighted by molar-refractivity contribution is -0.190. The molecule has 8 heteroatoms. The number of nitrogens with zero attached hydrogens (tertiary/aromatic N) is 2. The lowest BCUT2D eigenvalue weighted by atomic mass is 10.0. The summed E-state index contributed by atoms with van der Waals surface area (Å²) >= 11 is 0. The zero-order chi connectivity index (χ0) is 14.3. The predicted molar refractivity (Wildman–Crippen MR) is 59.0 cm³/mol. The number of phenolic OH excluding ortho intramolecular Hbond substituents is 1. The van der Waals surface area contributed by atoms with Crippen molar-refractivity contribution >= 4 is 0 Å². The van der Waals surface area contributed by atoms with Gasteiger partial charge in [0.05, 0.1) is 0 Å². The molecule has 0 radical (unpaired) electrons. The van der Waals surface area contributed by atoms with Crippen LogP contribution in [0.5, 0.6) is 5.75 Å². The fraction of sp³-hybridized carbons (Fsp3) is 0.273. The third kappa shape index (κ3) is 2.39. The summed E-state index contributed by atoms with van der Waals surface area (Å²) in [5.74, 6) is -0.731. The number of nitrogens with two attached hydrogens (primary N) is 1. The number of benzene rings is 1. The first-order valence-corrected chi connectivity index (χ1v) is 5.21. The normalized spacial score (nSPS) is 15.2. The molecular formula is C11H10F3N3O2. The number of aromatic hydroxyl groups is 1. The highest BCUT2D eigenvalue weighted by molar-refractivity contribution is 5.55. The molecule has 0 aliphatic carbocycles. The van der Waals surface area contributed by atoms with Gasteiger partial charge in [-0.15, -0.1) is 0 Å². The van der Waals surface area contributed by atoms with Crippen LogP contribution in [-0.4, -0.2) is 21.4 Å². The fourth-order valence-corrected chi connectivity index (χ4v) is 1.28. The Kier molecular flexibility index (Phi) is 2.97. The van der Waals surface area contributed by atoms with Crippen molar-refractivity contribution in [3.05, 3.63) is 30.2 Å². The van der Waals surface area contributed by atoms with E-state index >= 15 is 0 Å². The molecule has 19 heavy (non-hydrogen) atoms. The van der Waals surface area contributed by atoms with Gasteiger partial charge in [0.15, 0.2) is 5.54 Å². The van der Waals surface area contributed by atoms with Gasteiger partial charge in [-0.05, 0) is 31.2 Å². The maximum Gasteiger partial charge on any atom is 0.415 e. The summed E-state index contributed by atoms with van der Waals surface area (Å²) in [5.41, 5.74) is 2.86. The summed E-state index contributed by atoms with van der Waals surface area (Å²) in [6.45, 7) is 0.751. The van der Waals surface area contributed by atoms with Crippen LogP contribution < -0.4 is 5.73 Å². The second-order valence-corrected chi connectivity index (χ2v) is 4.17. The second kappa shape index (κ2) is 4.23. The number of alkyl halides is 3. The van der Waals surface area contributed by atoms with Crippen molar-refractivity contribution in [3.8, 4) is 17.1 Å². The van der Waals surface area contributed by atoms with E-state index in [1.165, 1.54) is 24.3 Å². The van der Waals surface area contributed by atoms with E-state index in [0.717, 1.165) is 6.92 Å². The average molecular weight is 273 g/mol. The number of aromatic nitrogens is 2. The average Bonchev–Trinajstić information content (AvgIpc) is 2.78. The Morgan fingerprint density at radius 1 is 1.21 bits per heavy atom. The Bertz CT molecular complexity index is 576. The lowest BCUT2D eigenvalue weighted by Gasteiger charge is -2.22. The molecule has 0 saturated carbocycles. The van der Waals surface area contributed by atoms with E-state index in [1.54, 1.807) is 0 Å². The van der Waals surface area contributed by atoms with Crippen LogP contribution in [0.2, 0.25) is 0 Å². The molecule has 2 aromatic rings. The van der Waals surface area contributed by atoms with Crippen LogP contribution in [0.3, 0.4) is 0 Å². The van der Waals surface area contributed by atoms with Crippen LogP contribution in [0.15, 0.2) is 28.8 Å². The molecule has 0 bridgehead atoms. The maximum absolute atomic E-state index is 12.7. The van der Waals surface area contributed by atoms with Gasteiger partial charge in [0.2, 0.25) is 5.82 Å². The summed E-state index contributed by atoms with van der Waals surface area (Å²) in [6, 6.07) is 5.62. The molecule has 0 amide bonds. The molecule has 1 unspecified atom stereocenters. The molecule has 0 saturated heterocycles. The molecule has 1 aromatic carbocycles. The largest absolute Gasteiger partial charge is 0.508 e. The van der Waals surface area contributed by atoms with Gasteiger partial charge >= 0.3 is 6.18 Å². The van der Waals surface area contributed by atoms with Crippen LogP contribution in [-0.2, 0) is 5.54 Å². The summed E-state index contributed by atoms with van der Waals surface area (Å²) < 4.78 is 42.7. The number of halogens is 3. The van der Waals surface area contributed by atoms with Gasteiger partial charge in [-0.3, -0.25) is 0 Å². The van der Waals surface area contributed by atoms with E-state index < -0.39 is 17.6 Å². The maximum atomic E-state index is 12.7. The van der Waals surface area contributed by atoms with Crippen molar-refractivity contribution in [2.45, 2.75) is 18.6 Å². The van der Waals surface area contributed by atoms with Crippen LogP contribution in [0, 0.1) is 0 Å². The standard InChI is InChI=1S/C11H10F3N3O2/c1-10(15,11(12,13)14)9-16-8(17-19-9)6-2-4-7(18)5-3-6/h2-5,18H,15H2,1H3. The van der Waals surface area contributed by atoms with Crippen molar-refractivity contribution < 1.29 is 22.8 Å². The molecule has 1 aromatic heterocycles. The Morgan fingerprint density at radius 3 is 2.32 bits per heavy atom. The van der Waals surface area contributed by atoms with E-state index in [9.17, 15) is 13.2 Å². The van der Waals surface area contributed by atoms with Gasteiger partial charge in [-0.25, -0.2) is 0 Å². The highest BCUT2D eigenvalue weighted by Crippen LogP contribution is 2.36. The first-order chi connectivity index (χ1) is 8.72. The van der Waals surface area contributed by atoms with Gasteiger partial charge in [0.1, 0.15) is 5.75 Å². The molecular weight excluding hydrogens is 263 g/mol. The lowest BCUT2D eigenvalue weighted by Crippen LogP contribution is -2.47. The van der Waals surface area contributed by atoms with Crippen molar-refractivity contribution in [1.29, 1.82) is 0 Å². The van der Waals surface area contributed by atoms with Gasteiger partial charge in [0, 0.05) is 5.56 Å². The SMILES string of the molecule is CC(N)(c1nc(-c2ccc(O)cc2)no1)C(F)(F)F. The van der Waals surface area contributed by atoms with Gasteiger partial charge < -0.3 is 15.4 Å². The Labute approximate surface area is 105 Å². The molecule has 0 aliphatic heterocycles. The van der Waals surface area contributed by atoms with Crippen molar-refractivity contribution in [2.24, 2.45) is 5.73 Å². The molecule has 2 rings (SSSR count).